The van der Waals surface area contributed by atoms with Crippen LogP contribution in [-0.2, 0) is 4.92 Å². The van der Waals surface area contributed by atoms with Gasteiger partial charge in [-0.05, 0) is 57.7 Å². The third-order valence-corrected chi connectivity index (χ3v) is 7.12. The maximum absolute atomic E-state index is 8.91. The molecule has 0 atom stereocenters. The topological polar surface area (TPSA) is 145 Å². The van der Waals surface area contributed by atoms with Crippen LogP contribution in [0.2, 0.25) is 0 Å². The first-order valence-corrected chi connectivity index (χ1v) is 34.4. The third kappa shape index (κ3) is 28.6. The van der Waals surface area contributed by atoms with E-state index in [0.29, 0.717) is 5.88 Å². The molecule has 0 amide bonds. The molecule has 5 heterocycles. The van der Waals surface area contributed by atoms with Crippen LogP contribution in [0.15, 0.2) is 20.0 Å². The van der Waals surface area contributed by atoms with Crippen molar-refractivity contribution in [2.24, 2.45) is 20.0 Å². The molecule has 5 aliphatic rings. The molecule has 5 rings (SSSR count). The number of guanidine groups is 3. The van der Waals surface area contributed by atoms with Crippen molar-refractivity contribution in [1.29, 1.82) is 0 Å². The molecule has 0 saturated carbocycles. The molecule has 286 valence electrons. The van der Waals surface area contributed by atoms with Gasteiger partial charge in [-0.2, -0.15) is 0 Å². The van der Waals surface area contributed by atoms with E-state index >= 15 is 0 Å². The summed E-state index contributed by atoms with van der Waals surface area (Å²) in [5, 5.41) is 29.0. The fraction of sp³-hybridized carbons (Fsp3) is 0.857. The van der Waals surface area contributed by atoms with Crippen molar-refractivity contribution >= 4 is 152 Å². The summed E-state index contributed by atoms with van der Waals surface area (Å²) in [5.74, 6) is 3.35. The molecular formula is C28H60ClI5N11OSV. The van der Waals surface area contributed by atoms with Gasteiger partial charge in [-0.15, -0.1) is 11.6 Å². The van der Waals surface area contributed by atoms with Crippen molar-refractivity contribution in [3.63, 3.8) is 0 Å². The molecule has 48 heavy (non-hydrogen) atoms. The van der Waals surface area contributed by atoms with E-state index in [1.807, 2.05) is 43.8 Å². The Hall–Kier alpha value is 2.11. The van der Waals surface area contributed by atoms with Crippen LogP contribution in [0.1, 0.15) is 49.0 Å². The van der Waals surface area contributed by atoms with Crippen LogP contribution in [-0.4, -0.2) is 137 Å². The van der Waals surface area contributed by atoms with Crippen molar-refractivity contribution in [2.75, 3.05) is 87.5 Å². The summed E-state index contributed by atoms with van der Waals surface area (Å²) in [6.45, 7) is 21.1. The van der Waals surface area contributed by atoms with E-state index in [4.69, 9.17) is 16.7 Å². The average molecular weight is 1320 g/mol. The van der Waals surface area contributed by atoms with Gasteiger partial charge in [0.05, 0.1) is 43.9 Å². The van der Waals surface area contributed by atoms with Crippen LogP contribution in [0.25, 0.3) is 0 Å². The Morgan fingerprint density at radius 2 is 1.31 bits per heavy atom. The number of amidine groups is 1. The molecular weight excluding hydrogens is 1260 g/mol. The SMILES string of the molecule is C.CC(C)(CCl)NC1=NCCN1.CC(C)(CO)NC1=NCCN1.CC1(C)CN2CCN=C2N1.CI.CI.CSC1=NCCN1.[I][V]([I])[I]. The molecule has 7 N–H and O–H groups in total. The molecule has 1 saturated heterocycles. The van der Waals surface area contributed by atoms with Crippen LogP contribution >= 0.6 is 128 Å². The summed E-state index contributed by atoms with van der Waals surface area (Å²) in [6, 6.07) is 0. The van der Waals surface area contributed by atoms with Gasteiger partial charge in [-0.25, -0.2) is 0 Å². The van der Waals surface area contributed by atoms with Gasteiger partial charge >= 0.3 is 64.9 Å². The van der Waals surface area contributed by atoms with Crippen molar-refractivity contribution in [1.82, 2.24) is 36.8 Å². The molecule has 0 unspecified atom stereocenters. The number of alkyl halides is 3. The quantitative estimate of drug-likeness (QED) is 0.142. The summed E-state index contributed by atoms with van der Waals surface area (Å²) in [5.41, 5.74) is -0.118. The summed E-state index contributed by atoms with van der Waals surface area (Å²) in [6.07, 6.45) is 2.02. The zero-order chi connectivity index (χ0) is 36.5. The number of thioether (sulfide) groups is 1. The maximum atomic E-state index is 8.91. The van der Waals surface area contributed by atoms with Crippen LogP contribution in [0.4, 0.5) is 0 Å². The average Bonchev–Trinajstić information content (AvgIpc) is 3.86. The molecule has 5 aliphatic heterocycles. The van der Waals surface area contributed by atoms with E-state index < -0.39 is 0 Å². The normalized spacial score (nSPS) is 17.6. The zero-order valence-electron chi connectivity index (χ0n) is 29.1. The monoisotopic (exact) mass is 1320 g/mol. The van der Waals surface area contributed by atoms with Gasteiger partial charge in [-0.1, -0.05) is 64.4 Å². The molecule has 0 aromatic carbocycles. The first-order chi connectivity index (χ1) is 22.1. The molecule has 20 heteroatoms. The van der Waals surface area contributed by atoms with E-state index in [9.17, 15) is 0 Å². The fourth-order valence-electron chi connectivity index (χ4n) is 3.76. The Morgan fingerprint density at radius 3 is 1.65 bits per heavy atom. The fourth-order valence-corrected chi connectivity index (χ4v) is 4.30. The Balaban J connectivity index is -0.000000525. The minimum atomic E-state index is -0.282. The van der Waals surface area contributed by atoms with Gasteiger partial charge in [0.2, 0.25) is 0 Å². The predicted octanol–water partition coefficient (Wildman–Crippen LogP) is 5.60. The number of hydrogen-bond donors (Lipinski definition) is 7. The summed E-state index contributed by atoms with van der Waals surface area (Å²) in [4.78, 5) is 22.8. The van der Waals surface area contributed by atoms with Crippen molar-refractivity contribution in [2.45, 2.75) is 65.6 Å². The number of nitrogens with one attached hydrogen (secondary N) is 6. The second kappa shape index (κ2) is 31.5. The van der Waals surface area contributed by atoms with Crippen molar-refractivity contribution < 1.29 is 10.0 Å². The minimum absolute atomic E-state index is 0. The standard InChI is InChI=1S/C7H14ClN3.C7H15N3O.C7H13N3.C4H8N2S.2CH3I.CH4.3HI.V/c1-7(2,5-8)11-6-9-3-4-10-6;1-7(2,5-11)10-6-8-3-4-9-6;1-7(2)5-10-4-3-8-6(10)9-7;1-7-4-5-2-3-6-4;2*1-2;;;;;/h3-5H2,1-2H3,(H2,9,10,11);11H,3-5H2,1-2H3,(H2,8,9,10);3-5H2,1-2H3,(H,8,9);2-3H2,1H3,(H,5,6);2*1H3;1H4;3*1H;/q;;;;;;;;;;+3/p-3. The number of fused-ring (bicyclic) bond motifs is 1. The third-order valence-electron chi connectivity index (χ3n) is 5.80. The van der Waals surface area contributed by atoms with Gasteiger partial charge in [0, 0.05) is 44.1 Å². The van der Waals surface area contributed by atoms with Crippen LogP contribution in [0.5, 0.6) is 0 Å². The summed E-state index contributed by atoms with van der Waals surface area (Å²) >= 11 is 19.1. The number of nitrogens with zero attached hydrogens (tertiary/aromatic N) is 5. The van der Waals surface area contributed by atoms with Crippen LogP contribution < -0.4 is 31.9 Å². The molecule has 0 bridgehead atoms. The van der Waals surface area contributed by atoms with Crippen molar-refractivity contribution in [3.8, 4) is 0 Å². The molecule has 0 aromatic heterocycles. The Kier molecular flexibility index (Phi) is 35.7. The Labute approximate surface area is 366 Å². The van der Waals surface area contributed by atoms with Crippen LogP contribution in [0.3, 0.4) is 0 Å². The zero-order valence-corrected chi connectivity index (χ0v) is 42.8. The van der Waals surface area contributed by atoms with E-state index in [1.54, 1.807) is 11.8 Å². The second-order valence-corrected chi connectivity index (χ2v) is 48.2. The second-order valence-electron chi connectivity index (χ2n) is 11.8. The summed E-state index contributed by atoms with van der Waals surface area (Å²) < 4.78 is 0. The number of aliphatic imine (C=N–C) groups is 4. The molecule has 0 aromatic rings. The van der Waals surface area contributed by atoms with Crippen molar-refractivity contribution in [3.05, 3.63) is 0 Å². The van der Waals surface area contributed by atoms with Gasteiger partial charge < -0.3 is 41.9 Å². The Bertz CT molecular complexity index is 924. The number of hydrogen-bond acceptors (Lipinski definition) is 13. The van der Waals surface area contributed by atoms with E-state index in [1.165, 1.54) is 0 Å². The van der Waals surface area contributed by atoms with Gasteiger partial charge in [0.1, 0.15) is 0 Å². The number of aliphatic hydroxyl groups excluding tert-OH is 1. The van der Waals surface area contributed by atoms with Gasteiger partial charge in [0.25, 0.3) is 0 Å². The number of halogens is 6. The molecule has 0 spiro atoms. The molecule has 0 radical (unpaired) electrons. The van der Waals surface area contributed by atoms with Gasteiger partial charge in [-0.3, -0.25) is 20.0 Å². The Morgan fingerprint density at radius 1 is 0.854 bits per heavy atom. The molecule has 12 nitrogen and oxygen atoms in total. The van der Waals surface area contributed by atoms with E-state index in [-0.39, 0.29) is 35.6 Å². The number of aliphatic hydroxyl groups is 1. The molecule has 0 aliphatic carbocycles. The predicted molar refractivity (Wildman–Crippen MR) is 256 cm³/mol. The van der Waals surface area contributed by atoms with Crippen LogP contribution in [0, 0.1) is 0 Å². The van der Waals surface area contributed by atoms with Gasteiger partial charge in [0.15, 0.2) is 23.0 Å². The van der Waals surface area contributed by atoms with E-state index in [2.05, 4.69) is 176 Å². The molecule has 1 fully saturated rings. The first kappa shape index (κ1) is 54.5. The first-order valence-electron chi connectivity index (χ1n) is 14.8. The summed E-state index contributed by atoms with van der Waals surface area (Å²) in [7, 11) is 0. The number of rotatable bonds is 4. The van der Waals surface area contributed by atoms with E-state index in [0.717, 1.165) is 81.9 Å².